The minimum absolute atomic E-state index is 0.493. The number of benzene rings is 1. The molecule has 2 heterocycles. The summed E-state index contributed by atoms with van der Waals surface area (Å²) >= 11 is 0. The molecule has 0 radical (unpaired) electrons. The van der Waals surface area contributed by atoms with Gasteiger partial charge in [-0.15, -0.1) is 0 Å². The highest BCUT2D eigenvalue weighted by Crippen LogP contribution is 2.34. The summed E-state index contributed by atoms with van der Waals surface area (Å²) in [5, 5.41) is 0. The molecule has 0 N–H and O–H groups in total. The second-order valence-corrected chi connectivity index (χ2v) is 6.76. The third-order valence-corrected chi connectivity index (χ3v) is 4.80. The number of piperidine rings is 1. The number of aryl methyl sites for hydroxylation is 1. The molecule has 1 aromatic carbocycles. The first-order chi connectivity index (χ1) is 11.1. The highest BCUT2D eigenvalue weighted by Gasteiger charge is 2.25. The van der Waals surface area contributed by atoms with E-state index in [2.05, 4.69) is 64.3 Å². The van der Waals surface area contributed by atoms with Crippen LogP contribution in [-0.2, 0) is 6.54 Å². The number of anilines is 1. The van der Waals surface area contributed by atoms with E-state index in [1.807, 2.05) is 14.1 Å². The molecule has 1 aliphatic rings. The summed E-state index contributed by atoms with van der Waals surface area (Å²) in [6, 6.07) is 13.5. The maximum absolute atomic E-state index is 4.65. The van der Waals surface area contributed by atoms with E-state index in [1.54, 1.807) is 0 Å². The van der Waals surface area contributed by atoms with Crippen LogP contribution in [-0.4, -0.2) is 30.5 Å². The first-order valence-corrected chi connectivity index (χ1v) is 8.57. The molecular formula is C20H27N3. The van der Waals surface area contributed by atoms with Crippen molar-refractivity contribution >= 4 is 5.82 Å². The Kier molecular flexibility index (Phi) is 4.97. The van der Waals surface area contributed by atoms with Crippen LogP contribution in [0.4, 0.5) is 5.82 Å². The Bertz CT molecular complexity index is 637. The lowest BCUT2D eigenvalue weighted by Gasteiger charge is -2.36. The largest absolute Gasteiger partial charge is 0.363 e. The quantitative estimate of drug-likeness (QED) is 0.844. The van der Waals surface area contributed by atoms with Crippen molar-refractivity contribution in [2.24, 2.45) is 0 Å². The van der Waals surface area contributed by atoms with Gasteiger partial charge in [-0.25, -0.2) is 4.98 Å². The summed E-state index contributed by atoms with van der Waals surface area (Å²) < 4.78 is 0. The number of pyridine rings is 1. The van der Waals surface area contributed by atoms with E-state index in [0.29, 0.717) is 6.04 Å². The number of likely N-dealkylation sites (tertiary alicyclic amines) is 1. The highest BCUT2D eigenvalue weighted by atomic mass is 15.2. The summed E-state index contributed by atoms with van der Waals surface area (Å²) in [5.74, 6) is 1.04. The van der Waals surface area contributed by atoms with E-state index in [-0.39, 0.29) is 0 Å². The fourth-order valence-corrected chi connectivity index (χ4v) is 3.50. The molecule has 0 amide bonds. The van der Waals surface area contributed by atoms with E-state index in [1.165, 1.54) is 42.5 Å². The topological polar surface area (TPSA) is 19.4 Å². The van der Waals surface area contributed by atoms with Crippen molar-refractivity contribution in [1.29, 1.82) is 0 Å². The molecule has 0 bridgehead atoms. The SMILES string of the molecule is Cc1cc(N(C)C)ncc1C1CCCCN1Cc1ccccc1. The number of aromatic nitrogens is 1. The van der Waals surface area contributed by atoms with E-state index in [0.717, 1.165) is 12.4 Å². The molecule has 3 heteroatoms. The van der Waals surface area contributed by atoms with Gasteiger partial charge in [-0.2, -0.15) is 0 Å². The molecule has 1 atom stereocenters. The van der Waals surface area contributed by atoms with E-state index in [9.17, 15) is 0 Å². The number of hydrogen-bond donors (Lipinski definition) is 0. The lowest BCUT2D eigenvalue weighted by molar-refractivity contribution is 0.139. The summed E-state index contributed by atoms with van der Waals surface area (Å²) in [6.45, 7) is 4.42. The minimum atomic E-state index is 0.493. The Morgan fingerprint density at radius 2 is 1.96 bits per heavy atom. The zero-order valence-corrected chi connectivity index (χ0v) is 14.5. The van der Waals surface area contributed by atoms with Crippen molar-refractivity contribution in [1.82, 2.24) is 9.88 Å². The Labute approximate surface area is 140 Å². The first kappa shape index (κ1) is 16.0. The summed E-state index contributed by atoms with van der Waals surface area (Å²) in [4.78, 5) is 9.35. The second kappa shape index (κ2) is 7.14. The van der Waals surface area contributed by atoms with E-state index in [4.69, 9.17) is 0 Å². The standard InChI is InChI=1S/C20H27N3/c1-16-13-20(22(2)3)21-14-18(16)19-11-7-8-12-23(19)15-17-9-5-4-6-10-17/h4-6,9-10,13-14,19H,7-8,11-12,15H2,1-3H3. The Morgan fingerprint density at radius 1 is 1.17 bits per heavy atom. The molecule has 0 spiro atoms. The van der Waals surface area contributed by atoms with Crippen LogP contribution in [0.2, 0.25) is 0 Å². The lowest BCUT2D eigenvalue weighted by Crippen LogP contribution is -2.33. The fraction of sp³-hybridized carbons (Fsp3) is 0.450. The van der Waals surface area contributed by atoms with Gasteiger partial charge >= 0.3 is 0 Å². The van der Waals surface area contributed by atoms with Gasteiger partial charge in [-0.05, 0) is 49.1 Å². The van der Waals surface area contributed by atoms with Crippen molar-refractivity contribution in [3.05, 3.63) is 59.3 Å². The van der Waals surface area contributed by atoms with E-state index < -0.39 is 0 Å². The van der Waals surface area contributed by atoms with Crippen LogP contribution >= 0.6 is 0 Å². The zero-order valence-electron chi connectivity index (χ0n) is 14.5. The molecule has 3 rings (SSSR count). The molecule has 1 fully saturated rings. The normalized spacial score (nSPS) is 18.8. The Morgan fingerprint density at radius 3 is 2.65 bits per heavy atom. The van der Waals surface area contributed by atoms with Crippen LogP contribution in [0.3, 0.4) is 0 Å². The van der Waals surface area contributed by atoms with Crippen molar-refractivity contribution < 1.29 is 0 Å². The minimum Gasteiger partial charge on any atom is -0.363 e. The summed E-state index contributed by atoms with van der Waals surface area (Å²) in [6.07, 6.45) is 5.94. The van der Waals surface area contributed by atoms with Crippen LogP contribution in [0, 0.1) is 6.92 Å². The van der Waals surface area contributed by atoms with Gasteiger partial charge in [0, 0.05) is 32.9 Å². The Balaban J connectivity index is 1.84. The van der Waals surface area contributed by atoms with Gasteiger partial charge in [0.1, 0.15) is 5.82 Å². The van der Waals surface area contributed by atoms with Crippen LogP contribution in [0.15, 0.2) is 42.6 Å². The lowest BCUT2D eigenvalue weighted by atomic mass is 9.93. The predicted molar refractivity (Wildman–Crippen MR) is 96.7 cm³/mol. The summed E-state index contributed by atoms with van der Waals surface area (Å²) in [7, 11) is 4.09. The molecule has 1 aliphatic heterocycles. The first-order valence-electron chi connectivity index (χ1n) is 8.57. The highest BCUT2D eigenvalue weighted by molar-refractivity contribution is 5.43. The van der Waals surface area contributed by atoms with Gasteiger partial charge in [0.2, 0.25) is 0 Å². The molecule has 23 heavy (non-hydrogen) atoms. The molecule has 122 valence electrons. The molecule has 0 aliphatic carbocycles. The number of hydrogen-bond acceptors (Lipinski definition) is 3. The predicted octanol–water partition coefficient (Wildman–Crippen LogP) is 4.18. The second-order valence-electron chi connectivity index (χ2n) is 6.76. The van der Waals surface area contributed by atoms with Crippen molar-refractivity contribution in [3.8, 4) is 0 Å². The van der Waals surface area contributed by atoms with Gasteiger partial charge in [0.05, 0.1) is 0 Å². The number of nitrogens with zero attached hydrogens (tertiary/aromatic N) is 3. The van der Waals surface area contributed by atoms with Crippen molar-refractivity contribution in [2.45, 2.75) is 38.8 Å². The molecule has 3 nitrogen and oxygen atoms in total. The van der Waals surface area contributed by atoms with E-state index >= 15 is 0 Å². The molecule has 1 saturated heterocycles. The third kappa shape index (κ3) is 3.73. The maximum atomic E-state index is 4.65. The third-order valence-electron chi connectivity index (χ3n) is 4.80. The van der Waals surface area contributed by atoms with Gasteiger partial charge in [-0.3, -0.25) is 4.90 Å². The monoisotopic (exact) mass is 309 g/mol. The van der Waals surface area contributed by atoms with Crippen LogP contribution in [0.5, 0.6) is 0 Å². The molecule has 1 unspecified atom stereocenters. The Hall–Kier alpha value is -1.87. The molecule has 2 aromatic rings. The average Bonchev–Trinajstić information content (AvgIpc) is 2.56. The van der Waals surface area contributed by atoms with Gasteiger partial charge in [-0.1, -0.05) is 36.8 Å². The van der Waals surface area contributed by atoms with Crippen LogP contribution in [0.1, 0.15) is 42.0 Å². The summed E-state index contributed by atoms with van der Waals surface area (Å²) in [5.41, 5.74) is 4.15. The zero-order chi connectivity index (χ0) is 16.2. The average molecular weight is 309 g/mol. The molecule has 0 saturated carbocycles. The fourth-order valence-electron chi connectivity index (χ4n) is 3.50. The van der Waals surface area contributed by atoms with Crippen LogP contribution < -0.4 is 4.90 Å². The smallest absolute Gasteiger partial charge is 0.128 e. The van der Waals surface area contributed by atoms with Crippen molar-refractivity contribution in [3.63, 3.8) is 0 Å². The van der Waals surface area contributed by atoms with Gasteiger partial charge < -0.3 is 4.90 Å². The maximum Gasteiger partial charge on any atom is 0.128 e. The van der Waals surface area contributed by atoms with Gasteiger partial charge in [0.15, 0.2) is 0 Å². The number of rotatable bonds is 4. The van der Waals surface area contributed by atoms with Crippen molar-refractivity contribution in [2.75, 3.05) is 25.5 Å². The molecule has 1 aromatic heterocycles. The van der Waals surface area contributed by atoms with Gasteiger partial charge in [0.25, 0.3) is 0 Å². The van der Waals surface area contributed by atoms with Crippen LogP contribution in [0.25, 0.3) is 0 Å². The molecular weight excluding hydrogens is 282 g/mol.